The molecule has 2 aliphatic carbocycles. The van der Waals surface area contributed by atoms with Gasteiger partial charge in [0.15, 0.2) is 5.65 Å². The molecule has 10 heteroatoms. The predicted octanol–water partition coefficient (Wildman–Crippen LogP) is 4.15. The molecule has 0 amide bonds. The number of allylic oxidation sites excluding steroid dienone is 1. The molecule has 0 radical (unpaired) electrons. The lowest BCUT2D eigenvalue weighted by Gasteiger charge is -2.40. The maximum absolute atomic E-state index is 6.69. The summed E-state index contributed by atoms with van der Waals surface area (Å²) in [6.07, 6.45) is 9.79. The summed E-state index contributed by atoms with van der Waals surface area (Å²) in [5.74, 6) is 2.89. The van der Waals surface area contributed by atoms with Crippen LogP contribution in [0.5, 0.6) is 5.75 Å². The van der Waals surface area contributed by atoms with Gasteiger partial charge in [-0.3, -0.25) is 4.90 Å². The summed E-state index contributed by atoms with van der Waals surface area (Å²) in [6.45, 7) is 6.53. The Kier molecular flexibility index (Phi) is 7.07. The van der Waals surface area contributed by atoms with Crippen molar-refractivity contribution in [3.8, 4) is 17.1 Å². The molecule has 4 atom stereocenters. The van der Waals surface area contributed by atoms with Gasteiger partial charge in [-0.1, -0.05) is 23.8 Å². The van der Waals surface area contributed by atoms with Crippen molar-refractivity contribution in [2.24, 2.45) is 23.5 Å². The van der Waals surface area contributed by atoms with E-state index in [1.807, 2.05) is 0 Å². The van der Waals surface area contributed by atoms with Crippen molar-refractivity contribution in [2.75, 3.05) is 63.3 Å². The molecule has 40 heavy (non-hydrogen) atoms. The van der Waals surface area contributed by atoms with Crippen LogP contribution in [-0.2, 0) is 4.74 Å². The number of halogens is 1. The number of H-pyrrole nitrogens is 1. The minimum Gasteiger partial charge on any atom is -0.496 e. The Morgan fingerprint density at radius 3 is 2.73 bits per heavy atom. The number of piperidine rings is 1. The Morgan fingerprint density at radius 2 is 1.95 bits per heavy atom. The molecule has 2 saturated heterocycles. The zero-order valence-electron chi connectivity index (χ0n) is 23.0. The number of fused-ring (bicyclic) bond motifs is 3. The van der Waals surface area contributed by atoms with Crippen molar-refractivity contribution in [1.29, 1.82) is 0 Å². The summed E-state index contributed by atoms with van der Waals surface area (Å²) in [5.41, 5.74) is 10.5. The van der Waals surface area contributed by atoms with E-state index in [-0.39, 0.29) is 6.04 Å². The fourth-order valence-electron chi connectivity index (χ4n) is 7.33. The molecule has 0 spiro atoms. The Hall–Kier alpha value is -2.85. The van der Waals surface area contributed by atoms with Gasteiger partial charge in [0.2, 0.25) is 0 Å². The molecule has 4 N–H and O–H groups in total. The van der Waals surface area contributed by atoms with Gasteiger partial charge in [-0.05, 0) is 55.7 Å². The van der Waals surface area contributed by atoms with Crippen LogP contribution in [0.1, 0.15) is 19.3 Å². The number of morpholine rings is 1. The quantitative estimate of drug-likeness (QED) is 0.368. The summed E-state index contributed by atoms with van der Waals surface area (Å²) < 4.78 is 11.4. The fraction of sp³-hybridized carbons (Fsp3) is 0.533. The second-order valence-corrected chi connectivity index (χ2v) is 11.9. The highest BCUT2D eigenvalue weighted by Gasteiger charge is 2.44. The Labute approximate surface area is 240 Å². The maximum atomic E-state index is 6.69. The molecular weight excluding hydrogens is 526 g/mol. The molecule has 3 fully saturated rings. The Morgan fingerprint density at radius 1 is 1.15 bits per heavy atom. The number of nitrogens with zero attached hydrogens (tertiary/aromatic N) is 4. The third kappa shape index (κ3) is 4.62. The topological polar surface area (TPSA) is 105 Å². The standard InChI is InChI=1S/C30H38ClN7O2/c1-39-25-15-21(37-8-6-20(7-9-37)38-10-12-40-13-11-38)4-5-22(25)29-35-28-27(24(31)17-33-30(28)36-29)34-26-19-3-2-18(14-19)23(26)16-32/h2-5,15,17-20,23,26H,6-14,16,32H2,1H3,(H2,33,34,35,36). The van der Waals surface area contributed by atoms with Crippen molar-refractivity contribution in [3.05, 3.63) is 41.6 Å². The molecule has 9 nitrogen and oxygen atoms in total. The molecule has 2 aromatic heterocycles. The van der Waals surface area contributed by atoms with E-state index in [1.54, 1.807) is 13.3 Å². The number of aromatic nitrogens is 3. The highest BCUT2D eigenvalue weighted by atomic mass is 35.5. The highest BCUT2D eigenvalue weighted by molar-refractivity contribution is 6.34. The minimum absolute atomic E-state index is 0.246. The summed E-state index contributed by atoms with van der Waals surface area (Å²) >= 11 is 6.69. The maximum Gasteiger partial charge on any atom is 0.180 e. The van der Waals surface area contributed by atoms with Gasteiger partial charge in [0, 0.05) is 50.0 Å². The van der Waals surface area contributed by atoms with Crippen LogP contribution in [0.3, 0.4) is 0 Å². The van der Waals surface area contributed by atoms with Gasteiger partial charge >= 0.3 is 0 Å². The largest absolute Gasteiger partial charge is 0.496 e. The molecule has 4 aliphatic rings. The number of nitrogens with two attached hydrogens (primary N) is 1. The van der Waals surface area contributed by atoms with Gasteiger partial charge in [0.25, 0.3) is 0 Å². The van der Waals surface area contributed by atoms with Gasteiger partial charge in [-0.25, -0.2) is 9.97 Å². The number of methoxy groups -OCH3 is 1. The number of ether oxygens (including phenoxy) is 2. The van der Waals surface area contributed by atoms with Crippen molar-refractivity contribution in [2.45, 2.75) is 31.3 Å². The van der Waals surface area contributed by atoms with E-state index in [4.69, 9.17) is 31.8 Å². The number of pyridine rings is 1. The van der Waals surface area contributed by atoms with Crippen molar-refractivity contribution in [1.82, 2.24) is 19.9 Å². The number of aromatic amines is 1. The van der Waals surface area contributed by atoms with Gasteiger partial charge in [0.1, 0.15) is 17.1 Å². The molecule has 212 valence electrons. The lowest BCUT2D eigenvalue weighted by Crippen LogP contribution is -2.49. The van der Waals surface area contributed by atoms with Crippen LogP contribution >= 0.6 is 11.6 Å². The Balaban J connectivity index is 1.12. The van der Waals surface area contributed by atoms with Crippen molar-refractivity contribution < 1.29 is 9.47 Å². The molecule has 1 saturated carbocycles. The second-order valence-electron chi connectivity index (χ2n) is 11.5. The van der Waals surface area contributed by atoms with E-state index >= 15 is 0 Å². The number of hydrogen-bond donors (Lipinski definition) is 3. The lowest BCUT2D eigenvalue weighted by atomic mass is 9.89. The number of hydrogen-bond acceptors (Lipinski definition) is 8. The third-order valence-corrected chi connectivity index (χ3v) is 9.80. The predicted molar refractivity (Wildman–Crippen MR) is 159 cm³/mol. The summed E-state index contributed by atoms with van der Waals surface area (Å²) in [6, 6.07) is 7.29. The molecule has 7 rings (SSSR count). The van der Waals surface area contributed by atoms with Gasteiger partial charge in [-0.15, -0.1) is 0 Å². The van der Waals surface area contributed by atoms with Gasteiger partial charge in [0.05, 0.1) is 42.8 Å². The van der Waals surface area contributed by atoms with E-state index < -0.39 is 0 Å². The lowest BCUT2D eigenvalue weighted by molar-refractivity contribution is 0.0115. The molecule has 2 aliphatic heterocycles. The smallest absolute Gasteiger partial charge is 0.180 e. The number of benzene rings is 1. The number of anilines is 2. The van der Waals surface area contributed by atoms with E-state index in [2.05, 4.69) is 55.4 Å². The van der Waals surface area contributed by atoms with E-state index in [9.17, 15) is 0 Å². The van der Waals surface area contributed by atoms with E-state index in [0.717, 1.165) is 68.3 Å². The van der Waals surface area contributed by atoms with Crippen molar-refractivity contribution in [3.63, 3.8) is 0 Å². The SMILES string of the molecule is COc1cc(N2CCC(N3CCOCC3)CC2)ccc1-c1nc2ncc(Cl)c(NC3C4C=CC(C4)C3CN)c2[nH]1. The normalized spacial score (nSPS) is 27.1. The monoisotopic (exact) mass is 563 g/mol. The molecule has 3 aromatic rings. The highest BCUT2D eigenvalue weighted by Crippen LogP contribution is 2.46. The first-order valence-corrected chi connectivity index (χ1v) is 14.9. The zero-order chi connectivity index (χ0) is 27.2. The van der Waals surface area contributed by atoms with Crippen LogP contribution in [0.25, 0.3) is 22.6 Å². The molecular formula is C30H38ClN7O2. The summed E-state index contributed by atoms with van der Waals surface area (Å²) in [4.78, 5) is 17.9. The Bertz CT molecular complexity index is 1400. The average Bonchev–Trinajstić information content (AvgIpc) is 3.74. The number of rotatable bonds is 7. The molecule has 1 aromatic carbocycles. The molecule has 4 heterocycles. The first-order chi connectivity index (χ1) is 19.6. The van der Waals surface area contributed by atoms with Gasteiger partial charge < -0.3 is 30.4 Å². The van der Waals surface area contributed by atoms with Crippen LogP contribution in [-0.4, -0.2) is 85.0 Å². The first kappa shape index (κ1) is 26.1. The van der Waals surface area contributed by atoms with Crippen LogP contribution < -0.4 is 20.7 Å². The first-order valence-electron chi connectivity index (χ1n) is 14.6. The van der Waals surface area contributed by atoms with Gasteiger partial charge in [-0.2, -0.15) is 0 Å². The zero-order valence-corrected chi connectivity index (χ0v) is 23.7. The number of nitrogens with one attached hydrogen (secondary N) is 2. The van der Waals surface area contributed by atoms with Crippen molar-refractivity contribution >= 4 is 34.1 Å². The van der Waals surface area contributed by atoms with Crippen LogP contribution in [0.4, 0.5) is 11.4 Å². The van der Waals surface area contributed by atoms with Crippen LogP contribution in [0.15, 0.2) is 36.5 Å². The number of imidazole rings is 1. The summed E-state index contributed by atoms with van der Waals surface area (Å²) in [5, 5.41) is 4.31. The van der Waals surface area contributed by atoms with E-state index in [0.29, 0.717) is 46.8 Å². The minimum atomic E-state index is 0.246. The molecule has 2 bridgehead atoms. The molecule has 4 unspecified atom stereocenters. The third-order valence-electron chi connectivity index (χ3n) is 9.51. The van der Waals surface area contributed by atoms with Crippen LogP contribution in [0.2, 0.25) is 5.02 Å². The van der Waals surface area contributed by atoms with E-state index in [1.165, 1.54) is 18.5 Å². The average molecular weight is 564 g/mol. The fourth-order valence-corrected chi connectivity index (χ4v) is 7.53. The van der Waals surface area contributed by atoms with Crippen LogP contribution in [0, 0.1) is 17.8 Å². The summed E-state index contributed by atoms with van der Waals surface area (Å²) in [7, 11) is 1.72. The second kappa shape index (κ2) is 10.9.